The SMILES string of the molecule is CCc1oc2cc(Cl)ccc2c1C(=O)c1ccccc1. The lowest BCUT2D eigenvalue weighted by Crippen LogP contribution is -2.03. The number of benzene rings is 2. The molecule has 0 saturated heterocycles. The van der Waals surface area contributed by atoms with Crippen LogP contribution < -0.4 is 0 Å². The fourth-order valence-electron chi connectivity index (χ4n) is 2.35. The normalized spacial score (nSPS) is 10.9. The number of rotatable bonds is 3. The fraction of sp³-hybridized carbons (Fsp3) is 0.118. The zero-order valence-electron chi connectivity index (χ0n) is 11.0. The molecule has 3 rings (SSSR count). The van der Waals surface area contributed by atoms with E-state index in [9.17, 15) is 4.79 Å². The summed E-state index contributed by atoms with van der Waals surface area (Å²) in [5.41, 5.74) is 1.97. The van der Waals surface area contributed by atoms with Gasteiger partial charge in [-0.3, -0.25) is 4.79 Å². The van der Waals surface area contributed by atoms with Gasteiger partial charge in [-0.2, -0.15) is 0 Å². The Morgan fingerprint density at radius 1 is 1.15 bits per heavy atom. The van der Waals surface area contributed by atoms with E-state index in [2.05, 4.69) is 0 Å². The number of hydrogen-bond acceptors (Lipinski definition) is 2. The number of hydrogen-bond donors (Lipinski definition) is 0. The number of carbonyl (C=O) groups excluding carboxylic acids is 1. The Morgan fingerprint density at radius 2 is 1.90 bits per heavy atom. The summed E-state index contributed by atoms with van der Waals surface area (Å²) in [6, 6.07) is 14.6. The Hall–Kier alpha value is -2.06. The molecule has 0 fully saturated rings. The molecule has 0 radical (unpaired) electrons. The number of halogens is 1. The predicted octanol–water partition coefficient (Wildman–Crippen LogP) is 4.88. The van der Waals surface area contributed by atoms with Gasteiger partial charge >= 0.3 is 0 Å². The number of aryl methyl sites for hydroxylation is 1. The molecule has 0 spiro atoms. The predicted molar refractivity (Wildman–Crippen MR) is 80.5 cm³/mol. The van der Waals surface area contributed by atoms with Gasteiger partial charge in [-0.25, -0.2) is 0 Å². The van der Waals surface area contributed by atoms with Gasteiger partial charge in [0, 0.05) is 28.5 Å². The molecule has 0 atom stereocenters. The molecule has 0 bridgehead atoms. The van der Waals surface area contributed by atoms with Crippen LogP contribution in [-0.2, 0) is 6.42 Å². The van der Waals surface area contributed by atoms with Crippen molar-refractivity contribution in [2.24, 2.45) is 0 Å². The molecular weight excluding hydrogens is 272 g/mol. The van der Waals surface area contributed by atoms with E-state index in [4.69, 9.17) is 16.0 Å². The average Bonchev–Trinajstić information content (AvgIpc) is 2.84. The van der Waals surface area contributed by atoms with E-state index < -0.39 is 0 Å². The monoisotopic (exact) mass is 284 g/mol. The summed E-state index contributed by atoms with van der Waals surface area (Å²) in [4.78, 5) is 12.7. The Morgan fingerprint density at radius 3 is 2.60 bits per heavy atom. The summed E-state index contributed by atoms with van der Waals surface area (Å²) >= 11 is 5.98. The van der Waals surface area contributed by atoms with Gasteiger partial charge in [-0.15, -0.1) is 0 Å². The van der Waals surface area contributed by atoms with E-state index in [0.717, 1.165) is 5.39 Å². The smallest absolute Gasteiger partial charge is 0.197 e. The van der Waals surface area contributed by atoms with E-state index in [-0.39, 0.29) is 5.78 Å². The van der Waals surface area contributed by atoms with Gasteiger partial charge < -0.3 is 4.42 Å². The molecule has 1 aromatic heterocycles. The second kappa shape index (κ2) is 5.14. The highest BCUT2D eigenvalue weighted by molar-refractivity contribution is 6.31. The molecule has 3 aromatic rings. The van der Waals surface area contributed by atoms with E-state index in [1.807, 2.05) is 43.3 Å². The van der Waals surface area contributed by atoms with E-state index >= 15 is 0 Å². The molecule has 0 amide bonds. The topological polar surface area (TPSA) is 30.2 Å². The number of furan rings is 1. The molecule has 0 aliphatic rings. The molecule has 2 nitrogen and oxygen atoms in total. The molecule has 100 valence electrons. The number of fused-ring (bicyclic) bond motifs is 1. The second-order valence-corrected chi connectivity index (χ2v) is 5.03. The zero-order valence-corrected chi connectivity index (χ0v) is 11.8. The molecule has 1 heterocycles. The van der Waals surface area contributed by atoms with Gasteiger partial charge in [0.05, 0.1) is 5.56 Å². The molecular formula is C17H13ClO2. The maximum absolute atomic E-state index is 12.7. The lowest BCUT2D eigenvalue weighted by Gasteiger charge is -2.01. The maximum Gasteiger partial charge on any atom is 0.197 e. The molecule has 0 aliphatic heterocycles. The highest BCUT2D eigenvalue weighted by Gasteiger charge is 2.20. The van der Waals surface area contributed by atoms with Crippen molar-refractivity contribution in [1.29, 1.82) is 0 Å². The van der Waals surface area contributed by atoms with Crippen molar-refractivity contribution in [1.82, 2.24) is 0 Å². The standard InChI is InChI=1S/C17H13ClO2/c1-2-14-16(17(19)11-6-4-3-5-7-11)13-9-8-12(18)10-15(13)20-14/h3-10H,2H2,1H3. The Balaban J connectivity index is 2.22. The summed E-state index contributed by atoms with van der Waals surface area (Å²) in [6.45, 7) is 1.97. The highest BCUT2D eigenvalue weighted by Crippen LogP contribution is 2.30. The molecule has 0 saturated carbocycles. The number of carbonyl (C=O) groups is 1. The van der Waals surface area contributed by atoms with Gasteiger partial charge in [0.15, 0.2) is 5.78 Å². The third kappa shape index (κ3) is 2.12. The Bertz CT molecular complexity index is 772. The van der Waals surface area contributed by atoms with Crippen LogP contribution in [-0.4, -0.2) is 5.78 Å². The van der Waals surface area contributed by atoms with Crippen LogP contribution in [0.25, 0.3) is 11.0 Å². The van der Waals surface area contributed by atoms with Gasteiger partial charge in [0.25, 0.3) is 0 Å². The highest BCUT2D eigenvalue weighted by atomic mass is 35.5. The van der Waals surface area contributed by atoms with Crippen LogP contribution in [0.4, 0.5) is 0 Å². The van der Waals surface area contributed by atoms with Crippen LogP contribution >= 0.6 is 11.6 Å². The van der Waals surface area contributed by atoms with Crippen LogP contribution in [0.2, 0.25) is 5.02 Å². The first-order valence-electron chi connectivity index (χ1n) is 6.51. The second-order valence-electron chi connectivity index (χ2n) is 4.59. The zero-order chi connectivity index (χ0) is 14.1. The van der Waals surface area contributed by atoms with E-state index in [0.29, 0.717) is 33.9 Å². The first-order chi connectivity index (χ1) is 9.70. The largest absolute Gasteiger partial charge is 0.460 e. The van der Waals surface area contributed by atoms with Crippen LogP contribution in [0.5, 0.6) is 0 Å². The minimum Gasteiger partial charge on any atom is -0.460 e. The summed E-state index contributed by atoms with van der Waals surface area (Å²) in [5.74, 6) is 0.694. The molecule has 0 unspecified atom stereocenters. The molecule has 20 heavy (non-hydrogen) atoms. The first kappa shape index (κ1) is 12.9. The van der Waals surface area contributed by atoms with Crippen molar-refractivity contribution in [2.45, 2.75) is 13.3 Å². The van der Waals surface area contributed by atoms with E-state index in [1.54, 1.807) is 12.1 Å². The van der Waals surface area contributed by atoms with Gasteiger partial charge in [-0.05, 0) is 12.1 Å². The Labute approximate surface area is 122 Å². The van der Waals surface area contributed by atoms with Gasteiger partial charge in [0.1, 0.15) is 11.3 Å². The maximum atomic E-state index is 12.7. The third-order valence-corrected chi connectivity index (χ3v) is 3.54. The first-order valence-corrected chi connectivity index (χ1v) is 6.89. The molecule has 2 aromatic carbocycles. The van der Waals surface area contributed by atoms with Crippen molar-refractivity contribution in [3.63, 3.8) is 0 Å². The van der Waals surface area contributed by atoms with Gasteiger partial charge in [0.2, 0.25) is 0 Å². The summed E-state index contributed by atoms with van der Waals surface area (Å²) in [6.07, 6.45) is 0.667. The van der Waals surface area contributed by atoms with Crippen LogP contribution in [0.1, 0.15) is 28.6 Å². The van der Waals surface area contributed by atoms with Crippen molar-refractivity contribution < 1.29 is 9.21 Å². The fourth-order valence-corrected chi connectivity index (χ4v) is 2.51. The lowest BCUT2D eigenvalue weighted by atomic mass is 9.99. The number of ketones is 1. The molecule has 0 aliphatic carbocycles. The summed E-state index contributed by atoms with van der Waals surface area (Å²) in [7, 11) is 0. The quantitative estimate of drug-likeness (QED) is 0.642. The van der Waals surface area contributed by atoms with Gasteiger partial charge in [-0.1, -0.05) is 48.9 Å². The minimum atomic E-state index is -0.0106. The van der Waals surface area contributed by atoms with E-state index in [1.165, 1.54) is 0 Å². The van der Waals surface area contributed by atoms with Crippen molar-refractivity contribution in [2.75, 3.05) is 0 Å². The van der Waals surface area contributed by atoms with Crippen molar-refractivity contribution in [3.05, 3.63) is 70.4 Å². The summed E-state index contributed by atoms with van der Waals surface area (Å²) < 4.78 is 5.77. The van der Waals surface area contributed by atoms with Crippen LogP contribution in [0.3, 0.4) is 0 Å². The Kier molecular flexibility index (Phi) is 3.33. The summed E-state index contributed by atoms with van der Waals surface area (Å²) in [5, 5.41) is 1.42. The molecule has 0 N–H and O–H groups in total. The van der Waals surface area contributed by atoms with Crippen molar-refractivity contribution in [3.8, 4) is 0 Å². The molecule has 3 heteroatoms. The average molecular weight is 285 g/mol. The minimum absolute atomic E-state index is 0.0106. The van der Waals surface area contributed by atoms with Crippen molar-refractivity contribution >= 4 is 28.4 Å². The van der Waals surface area contributed by atoms with Crippen LogP contribution in [0.15, 0.2) is 52.9 Å². The third-order valence-electron chi connectivity index (χ3n) is 3.31. The lowest BCUT2D eigenvalue weighted by molar-refractivity contribution is 0.103. The van der Waals surface area contributed by atoms with Crippen LogP contribution in [0, 0.1) is 0 Å².